The van der Waals surface area contributed by atoms with E-state index in [-0.39, 0.29) is 0 Å². The summed E-state index contributed by atoms with van der Waals surface area (Å²) in [6, 6.07) is 5.91. The van der Waals surface area contributed by atoms with Crippen LogP contribution in [0.1, 0.15) is 19.7 Å². The Hall–Kier alpha value is -1.82. The third-order valence-corrected chi connectivity index (χ3v) is 3.26. The number of allylic oxidation sites excluding steroid dienone is 1. The van der Waals surface area contributed by atoms with Gasteiger partial charge in [0, 0.05) is 11.0 Å². The summed E-state index contributed by atoms with van der Waals surface area (Å²) >= 11 is 3.45. The molecule has 1 amide bonds. The third-order valence-electron chi connectivity index (χ3n) is 2.76. The van der Waals surface area contributed by atoms with E-state index in [0.717, 1.165) is 27.9 Å². The summed E-state index contributed by atoms with van der Waals surface area (Å²) in [4.78, 5) is 16.0. The second kappa shape index (κ2) is 6.09. The normalized spacial score (nSPS) is 10.6. The smallest absolute Gasteiger partial charge is 0.412 e. The minimum atomic E-state index is -0.520. The van der Waals surface area contributed by atoms with Crippen LogP contribution in [0.4, 0.5) is 4.79 Å². The Bertz CT molecular complexity index is 664. The van der Waals surface area contributed by atoms with Crippen LogP contribution in [0.3, 0.4) is 0 Å². The lowest BCUT2D eigenvalue weighted by Gasteiger charge is -2.08. The summed E-state index contributed by atoms with van der Waals surface area (Å²) in [6.07, 6.45) is -0.520. The van der Waals surface area contributed by atoms with Crippen LogP contribution >= 0.6 is 15.9 Å². The van der Waals surface area contributed by atoms with E-state index in [9.17, 15) is 4.79 Å². The van der Waals surface area contributed by atoms with Crippen molar-refractivity contribution in [2.24, 2.45) is 0 Å². The quantitative estimate of drug-likeness (QED) is 0.867. The predicted octanol–water partition coefficient (Wildman–Crippen LogP) is 3.58. The van der Waals surface area contributed by atoms with Crippen molar-refractivity contribution in [2.75, 3.05) is 0 Å². The number of hydrogen-bond acceptors (Lipinski definition) is 3. The van der Waals surface area contributed by atoms with Crippen molar-refractivity contribution in [3.63, 3.8) is 0 Å². The Morgan fingerprint density at radius 1 is 1.55 bits per heavy atom. The highest BCUT2D eigenvalue weighted by Gasteiger charge is 2.11. The van der Waals surface area contributed by atoms with Crippen molar-refractivity contribution in [1.82, 2.24) is 14.9 Å². The summed E-state index contributed by atoms with van der Waals surface area (Å²) in [6.45, 7) is 8.27. The lowest BCUT2D eigenvalue weighted by molar-refractivity contribution is 0.175. The fourth-order valence-corrected chi connectivity index (χ4v) is 2.33. The van der Waals surface area contributed by atoms with E-state index >= 15 is 0 Å². The standard InChI is InChI=1S/C14H16BrN3O2/c1-4-18-12-7-10(15)5-6-11(12)17-13(18)8-16-14(19)20-9(2)3/h5-7H,2,4,8H2,1,3H3,(H,16,19). The third kappa shape index (κ3) is 3.19. The van der Waals surface area contributed by atoms with Crippen LogP contribution in [0.25, 0.3) is 11.0 Å². The second-order valence-electron chi connectivity index (χ2n) is 4.35. The highest BCUT2D eigenvalue weighted by Crippen LogP contribution is 2.21. The van der Waals surface area contributed by atoms with E-state index in [0.29, 0.717) is 12.3 Å². The summed E-state index contributed by atoms with van der Waals surface area (Å²) in [7, 11) is 0. The molecule has 0 fully saturated rings. The summed E-state index contributed by atoms with van der Waals surface area (Å²) < 4.78 is 7.91. The van der Waals surface area contributed by atoms with Gasteiger partial charge in [-0.1, -0.05) is 22.5 Å². The van der Waals surface area contributed by atoms with Crippen molar-refractivity contribution in [3.8, 4) is 0 Å². The molecule has 0 bridgehead atoms. The molecule has 0 saturated carbocycles. The molecule has 0 aliphatic carbocycles. The van der Waals surface area contributed by atoms with E-state index in [4.69, 9.17) is 4.74 Å². The lowest BCUT2D eigenvalue weighted by Crippen LogP contribution is -2.24. The number of ether oxygens (including phenoxy) is 1. The molecular formula is C14H16BrN3O2. The first-order valence-corrected chi connectivity index (χ1v) is 7.06. The Morgan fingerprint density at radius 2 is 2.30 bits per heavy atom. The molecule has 6 heteroatoms. The molecule has 5 nitrogen and oxygen atoms in total. The molecule has 20 heavy (non-hydrogen) atoms. The van der Waals surface area contributed by atoms with Crippen LogP contribution in [-0.4, -0.2) is 15.6 Å². The van der Waals surface area contributed by atoms with Gasteiger partial charge in [0.1, 0.15) is 5.82 Å². The number of hydrogen-bond donors (Lipinski definition) is 1. The highest BCUT2D eigenvalue weighted by atomic mass is 79.9. The first-order valence-electron chi connectivity index (χ1n) is 6.27. The largest absolute Gasteiger partial charge is 0.416 e. The van der Waals surface area contributed by atoms with Gasteiger partial charge in [0.15, 0.2) is 0 Å². The minimum absolute atomic E-state index is 0.312. The molecule has 1 aromatic heterocycles. The Morgan fingerprint density at radius 3 is 2.95 bits per heavy atom. The number of nitrogens with one attached hydrogen (secondary N) is 1. The molecule has 0 aliphatic rings. The van der Waals surface area contributed by atoms with Crippen LogP contribution in [0, 0.1) is 0 Å². The monoisotopic (exact) mass is 337 g/mol. The van der Waals surface area contributed by atoms with Crippen molar-refractivity contribution in [1.29, 1.82) is 0 Å². The van der Waals surface area contributed by atoms with E-state index < -0.39 is 6.09 Å². The highest BCUT2D eigenvalue weighted by molar-refractivity contribution is 9.10. The number of carbonyl (C=O) groups excluding carboxylic acids is 1. The lowest BCUT2D eigenvalue weighted by atomic mass is 10.3. The van der Waals surface area contributed by atoms with Crippen LogP contribution in [0.2, 0.25) is 0 Å². The van der Waals surface area contributed by atoms with Gasteiger partial charge >= 0.3 is 6.09 Å². The number of fused-ring (bicyclic) bond motifs is 1. The van der Waals surface area contributed by atoms with Crippen LogP contribution in [0.5, 0.6) is 0 Å². The fraction of sp³-hybridized carbons (Fsp3) is 0.286. The molecule has 0 saturated heterocycles. The topological polar surface area (TPSA) is 56.1 Å². The maximum Gasteiger partial charge on any atom is 0.412 e. The average Bonchev–Trinajstić information content (AvgIpc) is 2.72. The SMILES string of the molecule is C=C(C)OC(=O)NCc1nc2ccc(Br)cc2n1CC. The van der Waals surface area contributed by atoms with Gasteiger partial charge in [-0.15, -0.1) is 0 Å². The molecule has 106 valence electrons. The zero-order valence-electron chi connectivity index (χ0n) is 11.4. The van der Waals surface area contributed by atoms with Gasteiger partial charge in [-0.05, 0) is 32.0 Å². The zero-order valence-corrected chi connectivity index (χ0v) is 13.0. The van der Waals surface area contributed by atoms with E-state index in [1.54, 1.807) is 6.92 Å². The number of carbonyl (C=O) groups is 1. The zero-order chi connectivity index (χ0) is 14.7. The number of benzene rings is 1. The Balaban J connectivity index is 2.21. The maximum atomic E-state index is 11.5. The van der Waals surface area contributed by atoms with Crippen LogP contribution in [-0.2, 0) is 17.8 Å². The van der Waals surface area contributed by atoms with Gasteiger partial charge in [-0.25, -0.2) is 9.78 Å². The number of halogens is 1. The number of imidazole rings is 1. The van der Waals surface area contributed by atoms with Gasteiger partial charge in [-0.2, -0.15) is 0 Å². The Kier molecular flexibility index (Phi) is 4.44. The molecule has 0 aliphatic heterocycles. The van der Waals surface area contributed by atoms with Crippen LogP contribution in [0.15, 0.2) is 35.0 Å². The van der Waals surface area contributed by atoms with Crippen molar-refractivity contribution in [3.05, 3.63) is 40.8 Å². The number of rotatable bonds is 4. The van der Waals surface area contributed by atoms with Crippen LogP contribution < -0.4 is 5.32 Å². The van der Waals surface area contributed by atoms with E-state index in [2.05, 4.69) is 37.4 Å². The molecule has 1 aromatic carbocycles. The van der Waals surface area contributed by atoms with E-state index in [1.807, 2.05) is 25.1 Å². The number of nitrogens with zero attached hydrogens (tertiary/aromatic N) is 2. The number of amides is 1. The van der Waals surface area contributed by atoms with E-state index in [1.165, 1.54) is 0 Å². The van der Waals surface area contributed by atoms with Gasteiger partial charge in [0.05, 0.1) is 23.3 Å². The van der Waals surface area contributed by atoms with Crippen molar-refractivity contribution in [2.45, 2.75) is 26.9 Å². The maximum absolute atomic E-state index is 11.5. The second-order valence-corrected chi connectivity index (χ2v) is 5.27. The molecule has 1 heterocycles. The fourth-order valence-electron chi connectivity index (χ4n) is 1.98. The summed E-state index contributed by atoms with van der Waals surface area (Å²) in [5.74, 6) is 1.15. The molecule has 0 spiro atoms. The first-order chi connectivity index (χ1) is 9.51. The number of aromatic nitrogens is 2. The van der Waals surface area contributed by atoms with Gasteiger partial charge in [-0.3, -0.25) is 0 Å². The molecule has 0 radical (unpaired) electrons. The summed E-state index contributed by atoms with van der Waals surface area (Å²) in [5, 5.41) is 2.66. The van der Waals surface area contributed by atoms with Crippen molar-refractivity contribution < 1.29 is 9.53 Å². The number of aryl methyl sites for hydroxylation is 1. The molecule has 0 unspecified atom stereocenters. The molecular weight excluding hydrogens is 322 g/mol. The number of alkyl carbamates (subject to hydrolysis) is 1. The molecule has 0 atom stereocenters. The molecule has 2 aromatic rings. The van der Waals surface area contributed by atoms with Gasteiger partial charge in [0.25, 0.3) is 0 Å². The molecule has 1 N–H and O–H groups in total. The Labute approximate surface area is 125 Å². The molecule has 2 rings (SSSR count). The summed E-state index contributed by atoms with van der Waals surface area (Å²) in [5.41, 5.74) is 1.94. The van der Waals surface area contributed by atoms with Crippen molar-refractivity contribution >= 4 is 33.1 Å². The van der Waals surface area contributed by atoms with Gasteiger partial charge in [0.2, 0.25) is 0 Å². The van der Waals surface area contributed by atoms with Gasteiger partial charge < -0.3 is 14.6 Å². The minimum Gasteiger partial charge on any atom is -0.416 e. The predicted molar refractivity (Wildman–Crippen MR) is 81.2 cm³/mol. The first kappa shape index (κ1) is 14.6. The average molecular weight is 338 g/mol.